The second kappa shape index (κ2) is 8.56. The van der Waals surface area contributed by atoms with Crippen molar-refractivity contribution in [3.05, 3.63) is 58.8 Å². The molecule has 1 unspecified atom stereocenters. The number of rotatable bonds is 7. The maximum absolute atomic E-state index is 14.0. The number of alkyl halides is 2. The standard InChI is InChI=1S/C25H28F2N4O3/c1-6-24(34-5)20-11-19-18(12-21(20)31(4)23(24)33)15(3)29-30-22(19)28-14(2)16-8-7-9-17(10-16)25(26,27)13-32/h7-12,14,32H,6,13H2,1-5H3,(H,28,30)/t14-,24?/m1/s1. The summed E-state index contributed by atoms with van der Waals surface area (Å²) in [6.07, 6.45) is 0.466. The summed E-state index contributed by atoms with van der Waals surface area (Å²) in [6.45, 7) is 4.32. The summed E-state index contributed by atoms with van der Waals surface area (Å²) in [4.78, 5) is 14.7. The first kappa shape index (κ1) is 24.0. The number of fused-ring (bicyclic) bond motifs is 2. The summed E-state index contributed by atoms with van der Waals surface area (Å²) >= 11 is 0. The number of ether oxygens (including phenoxy) is 1. The van der Waals surface area contributed by atoms with Gasteiger partial charge in [-0.15, -0.1) is 5.10 Å². The van der Waals surface area contributed by atoms with Crippen LogP contribution in [0.1, 0.15) is 48.7 Å². The smallest absolute Gasteiger partial charge is 0.295 e. The highest BCUT2D eigenvalue weighted by Crippen LogP contribution is 2.46. The highest BCUT2D eigenvalue weighted by atomic mass is 19.3. The summed E-state index contributed by atoms with van der Waals surface area (Å²) < 4.78 is 33.7. The Morgan fingerprint density at radius 1 is 1.24 bits per heavy atom. The van der Waals surface area contributed by atoms with Crippen LogP contribution in [0.15, 0.2) is 36.4 Å². The molecule has 2 N–H and O–H groups in total. The van der Waals surface area contributed by atoms with Crippen molar-refractivity contribution in [1.82, 2.24) is 10.2 Å². The van der Waals surface area contributed by atoms with Crippen LogP contribution in [0.4, 0.5) is 20.3 Å². The lowest BCUT2D eigenvalue weighted by Crippen LogP contribution is -2.39. The Morgan fingerprint density at radius 3 is 2.62 bits per heavy atom. The summed E-state index contributed by atoms with van der Waals surface area (Å²) in [5.41, 5.74) is 1.49. The fraction of sp³-hybridized carbons (Fsp3) is 0.400. The largest absolute Gasteiger partial charge is 0.390 e. The minimum Gasteiger partial charge on any atom is -0.390 e. The number of hydrogen-bond donors (Lipinski definition) is 2. The second-order valence-electron chi connectivity index (χ2n) is 8.65. The van der Waals surface area contributed by atoms with Gasteiger partial charge < -0.3 is 20.1 Å². The van der Waals surface area contributed by atoms with E-state index in [0.717, 1.165) is 22.0 Å². The van der Waals surface area contributed by atoms with Gasteiger partial charge in [-0.05, 0) is 44.0 Å². The van der Waals surface area contributed by atoms with E-state index in [-0.39, 0.29) is 17.5 Å². The molecule has 7 nitrogen and oxygen atoms in total. The van der Waals surface area contributed by atoms with Crippen molar-refractivity contribution in [1.29, 1.82) is 0 Å². The number of carbonyl (C=O) groups is 1. The van der Waals surface area contributed by atoms with Gasteiger partial charge in [0.1, 0.15) is 6.61 Å². The zero-order valence-corrected chi connectivity index (χ0v) is 19.8. The van der Waals surface area contributed by atoms with Crippen LogP contribution in [0.3, 0.4) is 0 Å². The molecule has 4 rings (SSSR count). The molecule has 180 valence electrons. The van der Waals surface area contributed by atoms with Crippen molar-refractivity contribution >= 4 is 28.2 Å². The molecular formula is C25H28F2N4O3. The minimum atomic E-state index is -3.32. The van der Waals surface area contributed by atoms with Gasteiger partial charge >= 0.3 is 0 Å². The lowest BCUT2D eigenvalue weighted by molar-refractivity contribution is -0.140. The zero-order chi connectivity index (χ0) is 24.8. The number of amides is 1. The SMILES string of the molecule is CCC1(OC)C(=O)N(C)c2cc3c(C)nnc(N[C@H](C)c4cccc(C(F)(F)CO)c4)c3cc21. The van der Waals surface area contributed by atoms with Gasteiger partial charge in [-0.3, -0.25) is 4.79 Å². The predicted molar refractivity (Wildman–Crippen MR) is 126 cm³/mol. The number of benzene rings is 2. The summed E-state index contributed by atoms with van der Waals surface area (Å²) in [5, 5.41) is 22.5. The van der Waals surface area contributed by atoms with E-state index in [9.17, 15) is 13.6 Å². The molecule has 2 aromatic carbocycles. The molecule has 3 aromatic rings. The molecule has 34 heavy (non-hydrogen) atoms. The molecule has 9 heteroatoms. The second-order valence-corrected chi connectivity index (χ2v) is 8.65. The average molecular weight is 471 g/mol. The number of nitrogens with one attached hydrogen (secondary N) is 1. The molecule has 2 atom stereocenters. The number of methoxy groups -OCH3 is 1. The van der Waals surface area contributed by atoms with Crippen LogP contribution in [-0.2, 0) is 21.1 Å². The summed E-state index contributed by atoms with van der Waals surface area (Å²) in [5.74, 6) is -2.99. The van der Waals surface area contributed by atoms with Crippen molar-refractivity contribution in [2.45, 2.75) is 44.8 Å². The first-order valence-corrected chi connectivity index (χ1v) is 11.1. The van der Waals surface area contributed by atoms with E-state index in [1.807, 2.05) is 32.9 Å². The number of aliphatic hydroxyl groups is 1. The third-order valence-electron chi connectivity index (χ3n) is 6.73. The Labute approximate surface area is 196 Å². The summed E-state index contributed by atoms with van der Waals surface area (Å²) in [6, 6.07) is 9.37. The number of aliphatic hydroxyl groups excluding tert-OH is 1. The molecule has 0 saturated heterocycles. The lowest BCUT2D eigenvalue weighted by Gasteiger charge is -2.25. The number of nitrogens with zero attached hydrogens (tertiary/aromatic N) is 3. The average Bonchev–Trinajstić information content (AvgIpc) is 3.06. The van der Waals surface area contributed by atoms with E-state index in [1.54, 1.807) is 18.0 Å². The number of halogens is 2. The Bertz CT molecular complexity index is 1260. The van der Waals surface area contributed by atoms with Gasteiger partial charge in [-0.2, -0.15) is 13.9 Å². The third kappa shape index (κ3) is 3.59. The van der Waals surface area contributed by atoms with E-state index in [0.29, 0.717) is 23.5 Å². The highest BCUT2D eigenvalue weighted by Gasteiger charge is 2.49. The van der Waals surface area contributed by atoms with Crippen LogP contribution in [0, 0.1) is 6.92 Å². The number of aryl methyl sites for hydroxylation is 1. The molecular weight excluding hydrogens is 442 g/mol. The van der Waals surface area contributed by atoms with Gasteiger partial charge in [0, 0.05) is 36.1 Å². The Morgan fingerprint density at radius 2 is 1.97 bits per heavy atom. The lowest BCUT2D eigenvalue weighted by atomic mass is 9.90. The van der Waals surface area contributed by atoms with E-state index in [4.69, 9.17) is 9.84 Å². The highest BCUT2D eigenvalue weighted by molar-refractivity contribution is 6.10. The number of hydrogen-bond acceptors (Lipinski definition) is 6. The van der Waals surface area contributed by atoms with Gasteiger partial charge in [0.05, 0.1) is 17.4 Å². The maximum Gasteiger partial charge on any atom is 0.295 e. The van der Waals surface area contributed by atoms with Crippen molar-refractivity contribution in [2.24, 2.45) is 0 Å². The van der Waals surface area contributed by atoms with E-state index >= 15 is 0 Å². The fourth-order valence-electron chi connectivity index (χ4n) is 4.62. The first-order valence-electron chi connectivity index (χ1n) is 11.1. The molecule has 0 bridgehead atoms. The van der Waals surface area contributed by atoms with Crippen LogP contribution in [0.5, 0.6) is 0 Å². The predicted octanol–water partition coefficient (Wildman–Crippen LogP) is 4.42. The first-order chi connectivity index (χ1) is 16.1. The molecule has 0 spiro atoms. The molecule has 0 saturated carbocycles. The van der Waals surface area contributed by atoms with Crippen molar-refractivity contribution in [3.63, 3.8) is 0 Å². The van der Waals surface area contributed by atoms with Gasteiger partial charge in [-0.25, -0.2) is 0 Å². The normalized spacial score (nSPS) is 18.9. The maximum atomic E-state index is 14.0. The van der Waals surface area contributed by atoms with Crippen LogP contribution >= 0.6 is 0 Å². The third-order valence-corrected chi connectivity index (χ3v) is 6.73. The van der Waals surface area contributed by atoms with Gasteiger partial charge in [0.25, 0.3) is 11.8 Å². The molecule has 0 aliphatic carbocycles. The zero-order valence-electron chi connectivity index (χ0n) is 19.8. The van der Waals surface area contributed by atoms with Gasteiger partial charge in [0.15, 0.2) is 11.4 Å². The molecule has 0 radical (unpaired) electrons. The number of anilines is 2. The Balaban J connectivity index is 1.80. The van der Waals surface area contributed by atoms with Crippen LogP contribution in [0.25, 0.3) is 10.8 Å². The Kier molecular flexibility index (Phi) is 6.03. The van der Waals surface area contributed by atoms with Crippen LogP contribution in [0.2, 0.25) is 0 Å². The number of aromatic nitrogens is 2. The van der Waals surface area contributed by atoms with Crippen molar-refractivity contribution in [2.75, 3.05) is 31.0 Å². The molecule has 1 aliphatic rings. The van der Waals surface area contributed by atoms with E-state index in [2.05, 4.69) is 15.5 Å². The number of carbonyl (C=O) groups excluding carboxylic acids is 1. The van der Waals surface area contributed by atoms with Gasteiger partial charge in [0.2, 0.25) is 0 Å². The molecule has 0 fully saturated rings. The molecule has 2 heterocycles. The molecule has 1 amide bonds. The molecule has 1 aromatic heterocycles. The van der Waals surface area contributed by atoms with E-state index < -0.39 is 18.1 Å². The van der Waals surface area contributed by atoms with Crippen molar-refractivity contribution < 1.29 is 23.4 Å². The minimum absolute atomic E-state index is 0.133. The Hall–Kier alpha value is -3.17. The van der Waals surface area contributed by atoms with E-state index in [1.165, 1.54) is 25.3 Å². The van der Waals surface area contributed by atoms with Crippen LogP contribution < -0.4 is 10.2 Å². The quantitative estimate of drug-likeness (QED) is 0.532. The fourth-order valence-corrected chi connectivity index (χ4v) is 4.62. The monoisotopic (exact) mass is 470 g/mol. The van der Waals surface area contributed by atoms with Crippen LogP contribution in [-0.4, -0.2) is 42.0 Å². The van der Waals surface area contributed by atoms with Gasteiger partial charge in [-0.1, -0.05) is 25.1 Å². The molecule has 1 aliphatic heterocycles. The summed E-state index contributed by atoms with van der Waals surface area (Å²) in [7, 11) is 3.25. The number of likely N-dealkylation sites (N-methyl/N-ethyl adjacent to an activating group) is 1. The topological polar surface area (TPSA) is 87.6 Å². The van der Waals surface area contributed by atoms with Crippen molar-refractivity contribution in [3.8, 4) is 0 Å².